The number of hydrogen-bond acceptors (Lipinski definition) is 4. The molecule has 142 valence electrons. The highest BCUT2D eigenvalue weighted by Gasteiger charge is 2.10. The standard InChI is InChI=1S/C21H17BN4O2S/c22-17-11-14(13-24-19(27)15-7-3-1-4-8-15)12-23-18(17)25-21(29)26-20(28)16-9-5-2-6-10-16/h1-12H,13H2,(H,24,27)(H2,23,25,26,28,29). The van der Waals surface area contributed by atoms with Crippen LogP contribution < -0.4 is 21.4 Å². The van der Waals surface area contributed by atoms with E-state index >= 15 is 0 Å². The highest BCUT2D eigenvalue weighted by Crippen LogP contribution is 2.04. The van der Waals surface area contributed by atoms with E-state index in [1.54, 1.807) is 60.8 Å². The Morgan fingerprint density at radius 3 is 2.10 bits per heavy atom. The Balaban J connectivity index is 1.55. The first kappa shape index (κ1) is 20.2. The molecule has 1 heterocycles. The number of rotatable bonds is 5. The summed E-state index contributed by atoms with van der Waals surface area (Å²) in [5, 5.41) is 8.27. The van der Waals surface area contributed by atoms with Gasteiger partial charge in [-0.05, 0) is 42.0 Å². The average Bonchev–Trinajstić information content (AvgIpc) is 2.75. The van der Waals surface area contributed by atoms with Gasteiger partial charge in [0.25, 0.3) is 11.8 Å². The number of aromatic nitrogens is 1. The molecule has 2 amide bonds. The number of benzene rings is 2. The van der Waals surface area contributed by atoms with E-state index in [0.29, 0.717) is 22.4 Å². The van der Waals surface area contributed by atoms with Crippen LogP contribution in [0, 0.1) is 0 Å². The first-order chi connectivity index (χ1) is 14.0. The highest BCUT2D eigenvalue weighted by molar-refractivity contribution is 7.80. The second-order valence-corrected chi connectivity index (χ2v) is 6.51. The Bertz CT molecular complexity index is 1030. The van der Waals surface area contributed by atoms with Crippen LogP contribution in [0.2, 0.25) is 0 Å². The van der Waals surface area contributed by atoms with E-state index in [0.717, 1.165) is 5.56 Å². The number of nitrogens with one attached hydrogen (secondary N) is 3. The quantitative estimate of drug-likeness (QED) is 0.451. The molecule has 0 unspecified atom stereocenters. The topological polar surface area (TPSA) is 83.1 Å². The van der Waals surface area contributed by atoms with Crippen molar-refractivity contribution in [3.8, 4) is 0 Å². The third kappa shape index (κ3) is 5.73. The number of nitrogens with zero attached hydrogens (tertiary/aromatic N) is 1. The molecule has 6 nitrogen and oxygen atoms in total. The SMILES string of the molecule is [B]c1cc(CNC(=O)c2ccccc2)cnc1NC(=S)NC(=O)c1ccccc1. The van der Waals surface area contributed by atoms with Gasteiger partial charge in [0.2, 0.25) is 0 Å². The van der Waals surface area contributed by atoms with E-state index in [4.69, 9.17) is 20.1 Å². The van der Waals surface area contributed by atoms with Crippen molar-refractivity contribution >= 4 is 48.3 Å². The predicted octanol–water partition coefficient (Wildman–Crippen LogP) is 1.93. The number of thiocarbonyl (C=S) groups is 1. The van der Waals surface area contributed by atoms with E-state index in [1.807, 2.05) is 12.1 Å². The van der Waals surface area contributed by atoms with Crippen LogP contribution >= 0.6 is 12.2 Å². The molecule has 0 saturated carbocycles. The number of pyridine rings is 1. The molecule has 3 N–H and O–H groups in total. The lowest BCUT2D eigenvalue weighted by atomic mass is 9.95. The zero-order valence-corrected chi connectivity index (χ0v) is 16.2. The molecule has 3 rings (SSSR count). The number of anilines is 1. The summed E-state index contributed by atoms with van der Waals surface area (Å²) >= 11 is 5.15. The molecule has 0 saturated heterocycles. The third-order valence-corrected chi connectivity index (χ3v) is 4.16. The molecular formula is C21H17BN4O2S. The van der Waals surface area contributed by atoms with Gasteiger partial charge in [-0.15, -0.1) is 0 Å². The average molecular weight is 400 g/mol. The van der Waals surface area contributed by atoms with E-state index in [1.165, 1.54) is 0 Å². The Hall–Kier alpha value is -3.52. The summed E-state index contributed by atoms with van der Waals surface area (Å²) in [5.74, 6) is -0.195. The Morgan fingerprint density at radius 1 is 0.931 bits per heavy atom. The second-order valence-electron chi connectivity index (χ2n) is 6.10. The van der Waals surface area contributed by atoms with Gasteiger partial charge in [0.1, 0.15) is 13.7 Å². The predicted molar refractivity (Wildman–Crippen MR) is 117 cm³/mol. The van der Waals surface area contributed by atoms with Crippen molar-refractivity contribution in [3.63, 3.8) is 0 Å². The van der Waals surface area contributed by atoms with Gasteiger partial charge in [-0.2, -0.15) is 0 Å². The van der Waals surface area contributed by atoms with Crippen LogP contribution in [-0.2, 0) is 6.54 Å². The maximum absolute atomic E-state index is 12.1. The third-order valence-electron chi connectivity index (χ3n) is 3.96. The number of hydrogen-bond donors (Lipinski definition) is 3. The molecule has 0 bridgehead atoms. The molecule has 0 fully saturated rings. The first-order valence-corrected chi connectivity index (χ1v) is 9.19. The first-order valence-electron chi connectivity index (χ1n) is 8.78. The van der Waals surface area contributed by atoms with Crippen LogP contribution in [0.1, 0.15) is 26.3 Å². The van der Waals surface area contributed by atoms with Gasteiger partial charge >= 0.3 is 0 Å². The molecule has 2 aromatic carbocycles. The van der Waals surface area contributed by atoms with Gasteiger partial charge in [0, 0.05) is 23.9 Å². The van der Waals surface area contributed by atoms with Gasteiger partial charge in [-0.25, -0.2) is 4.98 Å². The summed E-state index contributed by atoms with van der Waals surface area (Å²) in [7, 11) is 6.02. The van der Waals surface area contributed by atoms with Gasteiger partial charge < -0.3 is 10.6 Å². The van der Waals surface area contributed by atoms with Crippen molar-refractivity contribution in [2.75, 3.05) is 5.32 Å². The maximum Gasteiger partial charge on any atom is 0.257 e. The summed E-state index contributed by atoms with van der Waals surface area (Å²) in [6.45, 7) is 0.278. The minimum absolute atomic E-state index is 0.0863. The van der Waals surface area contributed by atoms with Gasteiger partial charge in [0.05, 0.1) is 0 Å². The van der Waals surface area contributed by atoms with Crippen molar-refractivity contribution in [1.82, 2.24) is 15.6 Å². The molecule has 8 heteroatoms. The molecular weight excluding hydrogens is 383 g/mol. The fraction of sp³-hybridized carbons (Fsp3) is 0.0476. The fourth-order valence-electron chi connectivity index (χ4n) is 2.51. The van der Waals surface area contributed by atoms with Crippen molar-refractivity contribution < 1.29 is 9.59 Å². The van der Waals surface area contributed by atoms with E-state index in [2.05, 4.69) is 20.9 Å². The monoisotopic (exact) mass is 400 g/mol. The molecule has 29 heavy (non-hydrogen) atoms. The van der Waals surface area contributed by atoms with Crippen LogP contribution in [0.4, 0.5) is 5.82 Å². The molecule has 3 aromatic rings. The maximum atomic E-state index is 12.1. The molecule has 0 aliphatic heterocycles. The van der Waals surface area contributed by atoms with Crippen LogP contribution in [0.5, 0.6) is 0 Å². The minimum Gasteiger partial charge on any atom is -0.348 e. The Morgan fingerprint density at radius 2 is 1.52 bits per heavy atom. The fourth-order valence-corrected chi connectivity index (χ4v) is 2.70. The summed E-state index contributed by atoms with van der Waals surface area (Å²) in [4.78, 5) is 28.4. The van der Waals surface area contributed by atoms with E-state index in [9.17, 15) is 9.59 Å². The Labute approximate surface area is 175 Å². The zero-order valence-electron chi connectivity index (χ0n) is 15.4. The number of amides is 2. The second kappa shape index (κ2) is 9.61. The molecule has 0 aliphatic carbocycles. The minimum atomic E-state index is -0.332. The van der Waals surface area contributed by atoms with Crippen molar-refractivity contribution in [1.29, 1.82) is 0 Å². The lowest BCUT2D eigenvalue weighted by Crippen LogP contribution is -2.35. The highest BCUT2D eigenvalue weighted by atomic mass is 32.1. The van der Waals surface area contributed by atoms with Crippen molar-refractivity contribution in [3.05, 3.63) is 89.6 Å². The van der Waals surface area contributed by atoms with Crippen molar-refractivity contribution in [2.45, 2.75) is 6.54 Å². The zero-order chi connectivity index (χ0) is 20.6. The molecule has 0 atom stereocenters. The normalized spacial score (nSPS) is 10.1. The van der Waals surface area contributed by atoms with E-state index < -0.39 is 0 Å². The van der Waals surface area contributed by atoms with Gasteiger partial charge in [-0.1, -0.05) is 47.9 Å². The molecule has 0 aliphatic rings. The summed E-state index contributed by atoms with van der Waals surface area (Å²) in [6.07, 6.45) is 1.57. The molecule has 0 spiro atoms. The van der Waals surface area contributed by atoms with Crippen LogP contribution in [0.3, 0.4) is 0 Å². The van der Waals surface area contributed by atoms with Crippen molar-refractivity contribution in [2.24, 2.45) is 0 Å². The largest absolute Gasteiger partial charge is 0.348 e. The lowest BCUT2D eigenvalue weighted by molar-refractivity contribution is 0.0948. The Kier molecular flexibility index (Phi) is 6.70. The molecule has 1 aromatic heterocycles. The van der Waals surface area contributed by atoms with Gasteiger partial charge in [0.15, 0.2) is 5.11 Å². The van der Waals surface area contributed by atoms with Crippen LogP contribution in [-0.4, -0.2) is 29.8 Å². The van der Waals surface area contributed by atoms with Gasteiger partial charge in [-0.3, -0.25) is 14.9 Å². The lowest BCUT2D eigenvalue weighted by Gasteiger charge is -2.12. The van der Waals surface area contributed by atoms with Crippen LogP contribution in [0.25, 0.3) is 0 Å². The number of carbonyl (C=O) groups is 2. The van der Waals surface area contributed by atoms with E-state index in [-0.39, 0.29) is 23.5 Å². The number of carbonyl (C=O) groups excluding carboxylic acids is 2. The summed E-state index contributed by atoms with van der Waals surface area (Å²) in [6, 6.07) is 19.3. The molecule has 2 radical (unpaired) electrons. The summed E-state index contributed by atoms with van der Waals surface area (Å²) in [5.41, 5.74) is 2.14. The van der Waals surface area contributed by atoms with Crippen LogP contribution in [0.15, 0.2) is 72.9 Å². The smallest absolute Gasteiger partial charge is 0.257 e. The summed E-state index contributed by atoms with van der Waals surface area (Å²) < 4.78 is 0.